The highest BCUT2D eigenvalue weighted by atomic mass is 32.2. The minimum Gasteiger partial charge on any atom is -0.245 e. The van der Waals surface area contributed by atoms with Gasteiger partial charge in [0.05, 0.1) is 16.0 Å². The molecule has 0 unspecified atom stereocenters. The van der Waals surface area contributed by atoms with Gasteiger partial charge in [-0.05, 0) is 30.7 Å². The van der Waals surface area contributed by atoms with Crippen molar-refractivity contribution in [1.29, 1.82) is 5.26 Å². The lowest BCUT2D eigenvalue weighted by molar-refractivity contribution is -0.138. The number of pyridine rings is 1. The van der Waals surface area contributed by atoms with Crippen LogP contribution in [-0.2, 0) is 21.8 Å². The molecule has 0 aliphatic carbocycles. The summed E-state index contributed by atoms with van der Waals surface area (Å²) in [6.07, 6.45) is -4.71. The summed E-state index contributed by atoms with van der Waals surface area (Å²) in [6.45, 7) is 1.37. The van der Waals surface area contributed by atoms with Crippen molar-refractivity contribution in [3.8, 4) is 6.07 Å². The first-order valence-electron chi connectivity index (χ1n) is 7.19. The smallest absolute Gasteiger partial charge is 0.245 e. The highest BCUT2D eigenvalue weighted by molar-refractivity contribution is 7.98. The Morgan fingerprint density at radius 2 is 1.81 bits per heavy atom. The first kappa shape index (κ1) is 21.1. The minimum atomic E-state index is -4.72. The molecule has 1 heterocycles. The van der Waals surface area contributed by atoms with Gasteiger partial charge in [0.1, 0.15) is 11.1 Å². The standard InChI is InChI=1S/C16H11F5N2O2S2/c1-9-6-13(16(19,20)21)12(7-22)14(23-9)26-8-10-2-4-11(5-3-10)27(24,25)15(17)18/h2-6,15H,8H2,1H3. The lowest BCUT2D eigenvalue weighted by atomic mass is 10.1. The van der Waals surface area contributed by atoms with Gasteiger partial charge in [0.15, 0.2) is 0 Å². The second-order valence-corrected chi connectivity index (χ2v) is 8.22. The largest absolute Gasteiger partial charge is 0.417 e. The fourth-order valence-corrected chi connectivity index (χ4v) is 3.84. The van der Waals surface area contributed by atoms with Crippen molar-refractivity contribution in [2.75, 3.05) is 0 Å². The summed E-state index contributed by atoms with van der Waals surface area (Å²) >= 11 is 0.858. The number of hydrogen-bond donors (Lipinski definition) is 0. The molecule has 11 heteroatoms. The Labute approximate surface area is 156 Å². The molecule has 144 valence electrons. The molecule has 0 N–H and O–H groups in total. The Kier molecular flexibility index (Phi) is 6.11. The van der Waals surface area contributed by atoms with Crippen LogP contribution in [0.15, 0.2) is 40.3 Å². The number of aromatic nitrogens is 1. The summed E-state index contributed by atoms with van der Waals surface area (Å²) in [5, 5.41) is 8.97. The van der Waals surface area contributed by atoms with E-state index < -0.39 is 37.8 Å². The molecular weight excluding hydrogens is 411 g/mol. The van der Waals surface area contributed by atoms with Gasteiger partial charge in [-0.3, -0.25) is 0 Å². The van der Waals surface area contributed by atoms with Gasteiger partial charge in [-0.1, -0.05) is 12.1 Å². The number of benzene rings is 1. The maximum atomic E-state index is 13.1. The maximum absolute atomic E-state index is 13.1. The molecule has 1 aromatic carbocycles. The van der Waals surface area contributed by atoms with Crippen molar-refractivity contribution >= 4 is 21.6 Å². The van der Waals surface area contributed by atoms with E-state index in [1.165, 1.54) is 25.1 Å². The van der Waals surface area contributed by atoms with E-state index in [1.54, 1.807) is 0 Å². The van der Waals surface area contributed by atoms with Crippen LogP contribution in [0.2, 0.25) is 0 Å². The number of nitriles is 1. The predicted octanol–water partition coefficient (Wildman–Crippen LogP) is 4.57. The van der Waals surface area contributed by atoms with Gasteiger partial charge in [-0.2, -0.15) is 27.2 Å². The number of halogens is 5. The molecule has 1 aromatic heterocycles. The highest BCUT2D eigenvalue weighted by Gasteiger charge is 2.35. The summed E-state index contributed by atoms with van der Waals surface area (Å²) in [5.41, 5.74) is -1.13. The second kappa shape index (κ2) is 7.82. The SMILES string of the molecule is Cc1cc(C(F)(F)F)c(C#N)c(SCc2ccc(S(=O)(=O)C(F)F)cc2)n1. The quantitative estimate of drug-likeness (QED) is 0.522. The van der Waals surface area contributed by atoms with Crippen LogP contribution in [0.4, 0.5) is 22.0 Å². The van der Waals surface area contributed by atoms with Crippen LogP contribution in [-0.4, -0.2) is 19.2 Å². The van der Waals surface area contributed by atoms with E-state index >= 15 is 0 Å². The average molecular weight is 422 g/mol. The van der Waals surface area contributed by atoms with Gasteiger partial charge in [-0.15, -0.1) is 11.8 Å². The van der Waals surface area contributed by atoms with Crippen LogP contribution >= 0.6 is 11.8 Å². The topological polar surface area (TPSA) is 70.8 Å². The van der Waals surface area contributed by atoms with E-state index in [-0.39, 0.29) is 16.5 Å². The molecule has 0 bridgehead atoms. The second-order valence-electron chi connectivity index (χ2n) is 5.34. The predicted molar refractivity (Wildman–Crippen MR) is 87.9 cm³/mol. The maximum Gasteiger partial charge on any atom is 0.417 e. The number of thioether (sulfide) groups is 1. The fraction of sp³-hybridized carbons (Fsp3) is 0.250. The van der Waals surface area contributed by atoms with Gasteiger partial charge in [0, 0.05) is 11.4 Å². The molecule has 0 aliphatic heterocycles. The Balaban J connectivity index is 2.28. The van der Waals surface area contributed by atoms with E-state index in [4.69, 9.17) is 5.26 Å². The number of rotatable bonds is 5. The highest BCUT2D eigenvalue weighted by Crippen LogP contribution is 2.36. The molecule has 27 heavy (non-hydrogen) atoms. The monoisotopic (exact) mass is 422 g/mol. The molecule has 0 spiro atoms. The van der Waals surface area contributed by atoms with E-state index in [2.05, 4.69) is 4.98 Å². The number of aryl methyl sites for hydroxylation is 1. The van der Waals surface area contributed by atoms with Crippen LogP contribution in [0, 0.1) is 18.3 Å². The van der Waals surface area contributed by atoms with Gasteiger partial charge in [0.25, 0.3) is 0 Å². The van der Waals surface area contributed by atoms with Crippen molar-refractivity contribution in [3.63, 3.8) is 0 Å². The molecular formula is C16H11F5N2O2S2. The summed E-state index contributed by atoms with van der Waals surface area (Å²) in [5.74, 6) is -3.48. The van der Waals surface area contributed by atoms with E-state index in [1.807, 2.05) is 0 Å². The number of nitrogens with zero attached hydrogens (tertiary/aromatic N) is 2. The van der Waals surface area contributed by atoms with Crippen LogP contribution in [0.5, 0.6) is 0 Å². The molecule has 2 rings (SSSR count). The summed E-state index contributed by atoms with van der Waals surface area (Å²) in [6, 6.07) is 6.83. The molecule has 0 fully saturated rings. The summed E-state index contributed by atoms with van der Waals surface area (Å²) in [7, 11) is -4.72. The Morgan fingerprint density at radius 3 is 2.30 bits per heavy atom. The zero-order valence-corrected chi connectivity index (χ0v) is 15.2. The first-order chi connectivity index (χ1) is 12.5. The lowest BCUT2D eigenvalue weighted by Gasteiger charge is -2.13. The first-order valence-corrected chi connectivity index (χ1v) is 9.72. The lowest BCUT2D eigenvalue weighted by Crippen LogP contribution is -2.11. The van der Waals surface area contributed by atoms with Crippen LogP contribution in [0.3, 0.4) is 0 Å². The molecule has 2 aromatic rings. The average Bonchev–Trinajstić information content (AvgIpc) is 2.58. The van der Waals surface area contributed by atoms with E-state index in [0.717, 1.165) is 30.0 Å². The van der Waals surface area contributed by atoms with Gasteiger partial charge < -0.3 is 0 Å². The zero-order valence-electron chi connectivity index (χ0n) is 13.6. The fourth-order valence-electron chi connectivity index (χ4n) is 2.11. The normalized spacial score (nSPS) is 12.2. The zero-order chi connectivity index (χ0) is 20.4. The molecule has 0 radical (unpaired) electrons. The third kappa shape index (κ3) is 4.75. The summed E-state index contributed by atoms with van der Waals surface area (Å²) < 4.78 is 87.0. The Morgan fingerprint density at radius 1 is 1.22 bits per heavy atom. The summed E-state index contributed by atoms with van der Waals surface area (Å²) in [4.78, 5) is 3.40. The number of hydrogen-bond acceptors (Lipinski definition) is 5. The van der Waals surface area contributed by atoms with E-state index in [9.17, 15) is 30.4 Å². The van der Waals surface area contributed by atoms with Gasteiger partial charge in [-0.25, -0.2) is 13.4 Å². The number of alkyl halides is 5. The number of sulfone groups is 1. The minimum absolute atomic E-state index is 0.0669. The molecule has 0 aliphatic rings. The third-order valence-corrected chi connectivity index (χ3v) is 5.84. The van der Waals surface area contributed by atoms with Crippen LogP contribution in [0.25, 0.3) is 0 Å². The van der Waals surface area contributed by atoms with E-state index in [0.29, 0.717) is 5.56 Å². The van der Waals surface area contributed by atoms with Crippen molar-refractivity contribution in [2.24, 2.45) is 0 Å². The van der Waals surface area contributed by atoms with Crippen molar-refractivity contribution in [2.45, 2.75) is 34.5 Å². The van der Waals surface area contributed by atoms with Gasteiger partial charge in [0.2, 0.25) is 9.84 Å². The third-order valence-electron chi connectivity index (χ3n) is 3.39. The molecule has 0 saturated heterocycles. The van der Waals surface area contributed by atoms with Crippen LogP contribution in [0.1, 0.15) is 22.4 Å². The molecule has 0 amide bonds. The van der Waals surface area contributed by atoms with Crippen molar-refractivity contribution in [1.82, 2.24) is 4.98 Å². The Hall–Kier alpha value is -2.19. The molecule has 4 nitrogen and oxygen atoms in total. The van der Waals surface area contributed by atoms with Crippen LogP contribution < -0.4 is 0 Å². The van der Waals surface area contributed by atoms with Gasteiger partial charge >= 0.3 is 11.9 Å². The van der Waals surface area contributed by atoms with Crippen molar-refractivity contribution in [3.05, 3.63) is 52.7 Å². The van der Waals surface area contributed by atoms with Crippen molar-refractivity contribution < 1.29 is 30.4 Å². The molecule has 0 atom stereocenters. The Bertz CT molecular complexity index is 982. The molecule has 0 saturated carbocycles.